The van der Waals surface area contributed by atoms with Crippen LogP contribution in [0.25, 0.3) is 0 Å². The zero-order valence-electron chi connectivity index (χ0n) is 22.9. The van der Waals surface area contributed by atoms with Gasteiger partial charge in [0.05, 0.1) is 65.1 Å². The largest absolute Gasteiger partial charge is 0.495 e. The monoisotopic (exact) mass is 606 g/mol. The van der Waals surface area contributed by atoms with Gasteiger partial charge in [-0.1, -0.05) is 23.4 Å². The van der Waals surface area contributed by atoms with Crippen LogP contribution in [0, 0.1) is 11.3 Å². The molecule has 1 aliphatic rings. The molecule has 2 heterocycles. The van der Waals surface area contributed by atoms with Gasteiger partial charge in [0.2, 0.25) is 5.91 Å². The number of benzene rings is 2. The van der Waals surface area contributed by atoms with Crippen LogP contribution in [-0.2, 0) is 14.3 Å². The Labute approximate surface area is 251 Å². The minimum Gasteiger partial charge on any atom is -0.495 e. The van der Waals surface area contributed by atoms with Crippen LogP contribution in [0.3, 0.4) is 0 Å². The molecule has 216 valence electrons. The quantitative estimate of drug-likeness (QED) is 0.243. The molecule has 1 aromatic heterocycles. The molecule has 0 saturated carbocycles. The van der Waals surface area contributed by atoms with Crippen LogP contribution < -0.4 is 20.7 Å². The van der Waals surface area contributed by atoms with E-state index in [1.54, 1.807) is 68.4 Å². The number of amides is 2. The van der Waals surface area contributed by atoms with E-state index < -0.39 is 17.8 Å². The van der Waals surface area contributed by atoms with Gasteiger partial charge in [-0.3, -0.25) is 9.59 Å². The Morgan fingerprint density at radius 3 is 2.55 bits per heavy atom. The third-order valence-electron chi connectivity index (χ3n) is 6.16. The van der Waals surface area contributed by atoms with Gasteiger partial charge in [-0.2, -0.15) is 5.26 Å². The first-order valence-corrected chi connectivity index (χ1v) is 14.1. The van der Waals surface area contributed by atoms with Crippen molar-refractivity contribution in [1.29, 1.82) is 5.26 Å². The van der Waals surface area contributed by atoms with Gasteiger partial charge in [0.1, 0.15) is 11.5 Å². The number of carbonyl (C=O) groups is 3. The average molecular weight is 607 g/mol. The zero-order valence-corrected chi connectivity index (χ0v) is 24.5. The lowest BCUT2D eigenvalue weighted by atomic mass is 9.85. The summed E-state index contributed by atoms with van der Waals surface area (Å²) >= 11 is 7.18. The van der Waals surface area contributed by atoms with Crippen molar-refractivity contribution >= 4 is 52.5 Å². The predicted molar refractivity (Wildman–Crippen MR) is 160 cm³/mol. The van der Waals surface area contributed by atoms with Gasteiger partial charge in [0, 0.05) is 16.4 Å². The molecule has 4 rings (SSSR count). The molecule has 3 N–H and O–H groups in total. The zero-order chi connectivity index (χ0) is 30.2. The molecule has 0 saturated heterocycles. The molecule has 2 amide bonds. The first-order valence-electron chi connectivity index (χ1n) is 12.8. The fourth-order valence-electron chi connectivity index (χ4n) is 4.27. The number of nitrogens with one attached hydrogen (secondary N) is 3. The number of carbonyl (C=O) groups excluding carboxylic acids is 3. The number of methoxy groups -OCH3 is 1. The summed E-state index contributed by atoms with van der Waals surface area (Å²) in [6.45, 7) is 3.68. The standard InChI is InChI=1S/C30H27ClN4O6S/c1-4-40-30(38)18-7-10-20(11-8-18)34-28(37)26-17(2)33-29(21(15-32)27(26)24-6-5-13-41-24)42-16-25(36)35-22-14-19(31)9-12-23(22)39-3/h5-14,27,33H,4,16H2,1-3H3,(H,34,37)(H,35,36). The minimum absolute atomic E-state index is 0.0460. The number of halogens is 1. The number of ether oxygens (including phenoxy) is 2. The molecule has 0 spiro atoms. The number of allylic oxidation sites excluding steroid dienone is 2. The SMILES string of the molecule is CCOC(=O)c1ccc(NC(=O)C2=C(C)NC(SCC(=O)Nc3cc(Cl)ccc3OC)=C(C#N)C2c2ccco2)cc1. The van der Waals surface area contributed by atoms with Gasteiger partial charge in [0.15, 0.2) is 0 Å². The number of nitriles is 1. The third-order valence-corrected chi connectivity index (χ3v) is 7.41. The van der Waals surface area contributed by atoms with E-state index >= 15 is 0 Å². The molecular weight excluding hydrogens is 580 g/mol. The van der Waals surface area contributed by atoms with Gasteiger partial charge < -0.3 is 29.8 Å². The molecular formula is C30H27ClN4O6S. The number of rotatable bonds is 10. The van der Waals surface area contributed by atoms with E-state index in [1.165, 1.54) is 13.4 Å². The van der Waals surface area contributed by atoms with Crippen molar-refractivity contribution in [1.82, 2.24) is 5.32 Å². The number of dihydropyridines is 1. The molecule has 1 aliphatic heterocycles. The van der Waals surface area contributed by atoms with E-state index in [4.69, 9.17) is 25.5 Å². The fourth-order valence-corrected chi connectivity index (χ4v) is 5.34. The van der Waals surface area contributed by atoms with Crippen LogP contribution in [0.15, 0.2) is 87.1 Å². The number of nitrogens with zero attached hydrogens (tertiary/aromatic N) is 1. The van der Waals surface area contributed by atoms with Gasteiger partial charge in [-0.15, -0.1) is 0 Å². The molecule has 12 heteroatoms. The molecule has 3 aromatic rings. The second kappa shape index (κ2) is 13.8. The molecule has 0 fully saturated rings. The van der Waals surface area contributed by atoms with E-state index in [9.17, 15) is 19.6 Å². The van der Waals surface area contributed by atoms with Crippen LogP contribution in [0.2, 0.25) is 5.02 Å². The average Bonchev–Trinajstić information content (AvgIpc) is 3.51. The maximum Gasteiger partial charge on any atom is 0.338 e. The summed E-state index contributed by atoms with van der Waals surface area (Å²) < 4.78 is 15.9. The number of esters is 1. The Bertz CT molecular complexity index is 1590. The second-order valence-corrected chi connectivity index (χ2v) is 10.3. The lowest BCUT2D eigenvalue weighted by molar-refractivity contribution is -0.114. The maximum absolute atomic E-state index is 13.6. The molecule has 2 aromatic carbocycles. The Morgan fingerprint density at radius 1 is 1.14 bits per heavy atom. The van der Waals surface area contributed by atoms with Crippen molar-refractivity contribution in [2.24, 2.45) is 0 Å². The molecule has 1 atom stereocenters. The lowest BCUT2D eigenvalue weighted by Gasteiger charge is -2.28. The van der Waals surface area contributed by atoms with E-state index in [-0.39, 0.29) is 29.4 Å². The highest BCUT2D eigenvalue weighted by atomic mass is 35.5. The molecule has 42 heavy (non-hydrogen) atoms. The lowest BCUT2D eigenvalue weighted by Crippen LogP contribution is -2.31. The third kappa shape index (κ3) is 6.97. The van der Waals surface area contributed by atoms with E-state index in [1.807, 2.05) is 0 Å². The molecule has 0 radical (unpaired) electrons. The van der Waals surface area contributed by atoms with Crippen molar-refractivity contribution in [2.75, 3.05) is 30.1 Å². The fraction of sp³-hybridized carbons (Fsp3) is 0.200. The number of furan rings is 1. The first kappa shape index (κ1) is 30.3. The second-order valence-electron chi connectivity index (χ2n) is 8.90. The van der Waals surface area contributed by atoms with Crippen molar-refractivity contribution < 1.29 is 28.3 Å². The predicted octanol–water partition coefficient (Wildman–Crippen LogP) is 5.82. The van der Waals surface area contributed by atoms with Crippen molar-refractivity contribution in [3.63, 3.8) is 0 Å². The van der Waals surface area contributed by atoms with E-state index in [0.717, 1.165) is 11.8 Å². The molecule has 1 unspecified atom stereocenters. The van der Waals surface area contributed by atoms with Crippen molar-refractivity contribution in [3.8, 4) is 11.8 Å². The van der Waals surface area contributed by atoms with Crippen molar-refractivity contribution in [2.45, 2.75) is 19.8 Å². The van der Waals surface area contributed by atoms with Crippen LogP contribution >= 0.6 is 23.4 Å². The maximum atomic E-state index is 13.6. The number of thioether (sulfide) groups is 1. The minimum atomic E-state index is -0.830. The van der Waals surface area contributed by atoms with Crippen LogP contribution in [0.1, 0.15) is 35.9 Å². The molecule has 10 nitrogen and oxygen atoms in total. The highest BCUT2D eigenvalue weighted by Crippen LogP contribution is 2.41. The van der Waals surface area contributed by atoms with Gasteiger partial charge in [-0.25, -0.2) is 4.79 Å². The number of hydrogen-bond donors (Lipinski definition) is 3. The van der Waals surface area contributed by atoms with Crippen LogP contribution in [-0.4, -0.2) is 37.3 Å². The first-order chi connectivity index (χ1) is 20.2. The van der Waals surface area contributed by atoms with Crippen LogP contribution in [0.4, 0.5) is 11.4 Å². The van der Waals surface area contributed by atoms with Gasteiger partial charge in [0.25, 0.3) is 5.91 Å². The van der Waals surface area contributed by atoms with Gasteiger partial charge >= 0.3 is 5.97 Å². The topological polar surface area (TPSA) is 143 Å². The van der Waals surface area contributed by atoms with Crippen LogP contribution in [0.5, 0.6) is 5.75 Å². The molecule has 0 bridgehead atoms. The van der Waals surface area contributed by atoms with E-state index in [2.05, 4.69) is 22.0 Å². The summed E-state index contributed by atoms with van der Waals surface area (Å²) in [7, 11) is 1.49. The summed E-state index contributed by atoms with van der Waals surface area (Å²) in [4.78, 5) is 38.3. The Kier molecular flexibility index (Phi) is 9.96. The summed E-state index contributed by atoms with van der Waals surface area (Å²) in [5.41, 5.74) is 2.19. The molecule has 0 aliphatic carbocycles. The number of hydrogen-bond acceptors (Lipinski definition) is 9. The highest BCUT2D eigenvalue weighted by molar-refractivity contribution is 8.03. The smallest absolute Gasteiger partial charge is 0.338 e. The summed E-state index contributed by atoms with van der Waals surface area (Å²) in [6.07, 6.45) is 1.46. The summed E-state index contributed by atoms with van der Waals surface area (Å²) in [5.74, 6) is -1.31. The normalized spacial score (nSPS) is 14.5. The summed E-state index contributed by atoms with van der Waals surface area (Å²) in [5, 5.41) is 19.8. The number of anilines is 2. The Hall–Kier alpha value is -4.66. The Morgan fingerprint density at radius 2 is 1.90 bits per heavy atom. The van der Waals surface area contributed by atoms with Gasteiger partial charge in [-0.05, 0) is 68.4 Å². The van der Waals surface area contributed by atoms with Crippen molar-refractivity contribution in [3.05, 3.63) is 99.1 Å². The van der Waals surface area contributed by atoms with E-state index in [0.29, 0.717) is 44.2 Å². The Balaban J connectivity index is 1.55. The highest BCUT2D eigenvalue weighted by Gasteiger charge is 2.36. The summed E-state index contributed by atoms with van der Waals surface area (Å²) in [6, 6.07) is 16.7.